The third-order valence-electron chi connectivity index (χ3n) is 2.12. The highest BCUT2D eigenvalue weighted by Crippen LogP contribution is 2.17. The number of aryl methyl sites for hydroxylation is 1. The predicted molar refractivity (Wildman–Crippen MR) is 55.5 cm³/mol. The summed E-state index contributed by atoms with van der Waals surface area (Å²) in [4.78, 5) is 13.2. The van der Waals surface area contributed by atoms with Crippen LogP contribution in [0.15, 0.2) is 18.2 Å². The van der Waals surface area contributed by atoms with Crippen LogP contribution in [0.25, 0.3) is 0 Å². The van der Waals surface area contributed by atoms with Crippen LogP contribution in [0, 0.1) is 6.92 Å². The van der Waals surface area contributed by atoms with E-state index in [2.05, 4.69) is 0 Å². The summed E-state index contributed by atoms with van der Waals surface area (Å²) >= 11 is 0. The summed E-state index contributed by atoms with van der Waals surface area (Å²) in [5.74, 6) is 0.126. The van der Waals surface area contributed by atoms with Gasteiger partial charge in [0.1, 0.15) is 0 Å². The van der Waals surface area contributed by atoms with Crippen LogP contribution in [-0.4, -0.2) is 19.9 Å². The number of benzene rings is 1. The molecule has 0 saturated heterocycles. The first kappa shape index (κ1) is 9.78. The van der Waals surface area contributed by atoms with Gasteiger partial charge in [0.05, 0.1) is 0 Å². The summed E-state index contributed by atoms with van der Waals surface area (Å²) in [5, 5.41) is 0. The Morgan fingerprint density at radius 1 is 1.31 bits per heavy atom. The quantitative estimate of drug-likeness (QED) is 0.646. The van der Waals surface area contributed by atoms with Gasteiger partial charge in [-0.15, -0.1) is 0 Å². The maximum absolute atomic E-state index is 11.2. The summed E-state index contributed by atoms with van der Waals surface area (Å²) in [6.45, 7) is 3.55. The van der Waals surface area contributed by atoms with Gasteiger partial charge < -0.3 is 4.90 Å². The largest absolute Gasteiger partial charge is 0.378 e. The van der Waals surface area contributed by atoms with Crippen LogP contribution in [0.3, 0.4) is 0 Å². The molecule has 1 aromatic rings. The standard InChI is InChI=1S/C11H15NO/c1-8-5-6-10(12(3)4)7-11(8)9(2)13/h5-7H,1-4H3. The van der Waals surface area contributed by atoms with Gasteiger partial charge in [-0.3, -0.25) is 4.79 Å². The molecule has 0 aliphatic rings. The third-order valence-corrected chi connectivity index (χ3v) is 2.12. The lowest BCUT2D eigenvalue weighted by Gasteiger charge is -2.14. The van der Waals surface area contributed by atoms with E-state index >= 15 is 0 Å². The van der Waals surface area contributed by atoms with Gasteiger partial charge in [-0.25, -0.2) is 0 Å². The van der Waals surface area contributed by atoms with Crippen LogP contribution >= 0.6 is 0 Å². The molecule has 0 aliphatic heterocycles. The maximum Gasteiger partial charge on any atom is 0.160 e. The van der Waals surface area contributed by atoms with E-state index in [4.69, 9.17) is 0 Å². The zero-order valence-electron chi connectivity index (χ0n) is 8.59. The Bertz CT molecular complexity index is 329. The molecule has 0 spiro atoms. The molecule has 0 fully saturated rings. The van der Waals surface area contributed by atoms with E-state index < -0.39 is 0 Å². The van der Waals surface area contributed by atoms with E-state index in [0.29, 0.717) is 0 Å². The Morgan fingerprint density at radius 2 is 1.92 bits per heavy atom. The van der Waals surface area contributed by atoms with Crippen molar-refractivity contribution < 1.29 is 4.79 Å². The lowest BCUT2D eigenvalue weighted by atomic mass is 10.0. The van der Waals surface area contributed by atoms with Crippen molar-refractivity contribution >= 4 is 11.5 Å². The lowest BCUT2D eigenvalue weighted by molar-refractivity contribution is 0.101. The third kappa shape index (κ3) is 2.08. The van der Waals surface area contributed by atoms with Crippen LogP contribution in [0.2, 0.25) is 0 Å². The Labute approximate surface area is 79.2 Å². The normalized spacial score (nSPS) is 9.85. The first-order chi connectivity index (χ1) is 6.02. The van der Waals surface area contributed by atoms with Gasteiger partial charge in [0.15, 0.2) is 5.78 Å². The second kappa shape index (κ2) is 3.60. The monoisotopic (exact) mass is 177 g/mol. The van der Waals surface area contributed by atoms with Gasteiger partial charge in [0.25, 0.3) is 0 Å². The molecule has 0 bridgehead atoms. The predicted octanol–water partition coefficient (Wildman–Crippen LogP) is 2.26. The number of ketones is 1. The van der Waals surface area contributed by atoms with E-state index in [1.54, 1.807) is 6.92 Å². The van der Waals surface area contributed by atoms with E-state index in [9.17, 15) is 4.79 Å². The molecule has 2 heteroatoms. The molecule has 0 heterocycles. The molecule has 0 aromatic heterocycles. The molecule has 0 aliphatic carbocycles. The fourth-order valence-electron chi connectivity index (χ4n) is 1.27. The molecule has 0 saturated carbocycles. The SMILES string of the molecule is CC(=O)c1cc(N(C)C)ccc1C. The van der Waals surface area contributed by atoms with Crippen LogP contribution < -0.4 is 4.90 Å². The average molecular weight is 177 g/mol. The first-order valence-corrected chi connectivity index (χ1v) is 4.31. The van der Waals surface area contributed by atoms with Crippen molar-refractivity contribution in [1.29, 1.82) is 0 Å². The fraction of sp³-hybridized carbons (Fsp3) is 0.364. The van der Waals surface area contributed by atoms with Crippen molar-refractivity contribution in [2.24, 2.45) is 0 Å². The summed E-state index contributed by atoms with van der Waals surface area (Å²) < 4.78 is 0. The molecule has 0 amide bonds. The molecule has 2 nitrogen and oxygen atoms in total. The van der Waals surface area contributed by atoms with Gasteiger partial charge in [-0.1, -0.05) is 6.07 Å². The molecular weight excluding hydrogens is 162 g/mol. The highest BCUT2D eigenvalue weighted by atomic mass is 16.1. The van der Waals surface area contributed by atoms with Gasteiger partial charge in [0, 0.05) is 25.3 Å². The van der Waals surface area contributed by atoms with Crippen LogP contribution in [0.5, 0.6) is 0 Å². The van der Waals surface area contributed by atoms with Gasteiger partial charge in [-0.05, 0) is 31.5 Å². The topological polar surface area (TPSA) is 20.3 Å². The average Bonchev–Trinajstić information content (AvgIpc) is 2.04. The van der Waals surface area contributed by atoms with Gasteiger partial charge in [0.2, 0.25) is 0 Å². The van der Waals surface area contributed by atoms with E-state index in [-0.39, 0.29) is 5.78 Å². The Kier molecular flexibility index (Phi) is 2.71. The zero-order valence-corrected chi connectivity index (χ0v) is 8.59. The molecule has 13 heavy (non-hydrogen) atoms. The van der Waals surface area contributed by atoms with Crippen molar-refractivity contribution in [3.8, 4) is 0 Å². The summed E-state index contributed by atoms with van der Waals surface area (Å²) in [6.07, 6.45) is 0. The minimum atomic E-state index is 0.126. The summed E-state index contributed by atoms with van der Waals surface area (Å²) in [7, 11) is 3.93. The lowest BCUT2D eigenvalue weighted by Crippen LogP contribution is -2.09. The number of carbonyl (C=O) groups is 1. The zero-order chi connectivity index (χ0) is 10.0. The van der Waals surface area contributed by atoms with E-state index in [1.165, 1.54) is 0 Å². The van der Waals surface area contributed by atoms with Gasteiger partial charge >= 0.3 is 0 Å². The second-order valence-electron chi connectivity index (χ2n) is 3.45. The van der Waals surface area contributed by atoms with Crippen molar-refractivity contribution in [2.75, 3.05) is 19.0 Å². The number of anilines is 1. The summed E-state index contributed by atoms with van der Waals surface area (Å²) in [5.41, 5.74) is 2.92. The van der Waals surface area contributed by atoms with Crippen molar-refractivity contribution in [3.05, 3.63) is 29.3 Å². The minimum absolute atomic E-state index is 0.126. The smallest absolute Gasteiger partial charge is 0.160 e. The van der Waals surface area contributed by atoms with Crippen molar-refractivity contribution in [2.45, 2.75) is 13.8 Å². The molecule has 1 rings (SSSR count). The minimum Gasteiger partial charge on any atom is -0.378 e. The first-order valence-electron chi connectivity index (χ1n) is 4.31. The molecule has 0 unspecified atom stereocenters. The Hall–Kier alpha value is -1.31. The van der Waals surface area contributed by atoms with Crippen molar-refractivity contribution in [3.63, 3.8) is 0 Å². The van der Waals surface area contributed by atoms with E-state index in [0.717, 1.165) is 16.8 Å². The Morgan fingerprint density at radius 3 is 2.38 bits per heavy atom. The maximum atomic E-state index is 11.2. The number of hydrogen-bond acceptors (Lipinski definition) is 2. The van der Waals surface area contributed by atoms with Gasteiger partial charge in [-0.2, -0.15) is 0 Å². The highest BCUT2D eigenvalue weighted by Gasteiger charge is 2.05. The fourth-order valence-corrected chi connectivity index (χ4v) is 1.27. The number of hydrogen-bond donors (Lipinski definition) is 0. The number of rotatable bonds is 2. The Balaban J connectivity index is 3.19. The van der Waals surface area contributed by atoms with Crippen LogP contribution in [0.1, 0.15) is 22.8 Å². The highest BCUT2D eigenvalue weighted by molar-refractivity contribution is 5.96. The molecular formula is C11H15NO. The molecule has 0 N–H and O–H groups in total. The van der Waals surface area contributed by atoms with Crippen LogP contribution in [-0.2, 0) is 0 Å². The number of Topliss-reactive ketones (excluding diaryl/α,β-unsaturated/α-hetero) is 1. The molecule has 1 aromatic carbocycles. The molecule has 0 radical (unpaired) electrons. The second-order valence-corrected chi connectivity index (χ2v) is 3.45. The number of carbonyl (C=O) groups excluding carboxylic acids is 1. The van der Waals surface area contributed by atoms with E-state index in [1.807, 2.05) is 44.1 Å². The number of nitrogens with zero attached hydrogens (tertiary/aromatic N) is 1. The molecule has 0 atom stereocenters. The molecule has 70 valence electrons. The van der Waals surface area contributed by atoms with Crippen molar-refractivity contribution in [1.82, 2.24) is 0 Å². The van der Waals surface area contributed by atoms with Crippen LogP contribution in [0.4, 0.5) is 5.69 Å². The summed E-state index contributed by atoms with van der Waals surface area (Å²) in [6, 6.07) is 5.92.